The molecule has 0 atom stereocenters. The van der Waals surface area contributed by atoms with E-state index < -0.39 is 11.9 Å². The van der Waals surface area contributed by atoms with Crippen LogP contribution in [0.15, 0.2) is 40.7 Å². The number of anilines is 1. The summed E-state index contributed by atoms with van der Waals surface area (Å²) >= 11 is 1.02. The summed E-state index contributed by atoms with van der Waals surface area (Å²) in [6.07, 6.45) is -3.04. The van der Waals surface area contributed by atoms with E-state index in [4.69, 9.17) is 0 Å². The Morgan fingerprint density at radius 2 is 1.89 bits per heavy atom. The minimum Gasteiger partial charge on any atom is -0.375 e. The van der Waals surface area contributed by atoms with Gasteiger partial charge in [-0.3, -0.25) is 4.99 Å². The lowest BCUT2D eigenvalue weighted by molar-refractivity contribution is -0.140. The molecule has 0 aliphatic heterocycles. The van der Waals surface area contributed by atoms with Crippen LogP contribution in [0.2, 0.25) is 0 Å². The van der Waals surface area contributed by atoms with Crippen LogP contribution in [0.25, 0.3) is 0 Å². The zero-order valence-electron chi connectivity index (χ0n) is 15.4. The van der Waals surface area contributed by atoms with Crippen LogP contribution in [0.3, 0.4) is 0 Å². The zero-order chi connectivity index (χ0) is 19.7. The molecule has 0 amide bonds. The van der Waals surface area contributed by atoms with Crippen LogP contribution in [0.1, 0.15) is 17.1 Å². The quantitative estimate of drug-likeness (QED) is 0.406. The maximum absolute atomic E-state index is 12.5. The van der Waals surface area contributed by atoms with Crippen LogP contribution < -0.4 is 15.5 Å². The molecule has 1 aromatic carbocycles. The first-order valence-electron chi connectivity index (χ1n) is 8.62. The summed E-state index contributed by atoms with van der Waals surface area (Å²) in [6, 6.07) is 10.1. The van der Waals surface area contributed by atoms with Gasteiger partial charge in [-0.05, 0) is 18.6 Å². The summed E-state index contributed by atoms with van der Waals surface area (Å²) in [4.78, 5) is 9.92. The molecule has 27 heavy (non-hydrogen) atoms. The van der Waals surface area contributed by atoms with E-state index in [1.807, 2.05) is 25.2 Å². The number of aliphatic imine (C=N–C) groups is 1. The Labute approximate surface area is 161 Å². The number of nitrogens with zero attached hydrogens (tertiary/aromatic N) is 3. The second-order valence-electron chi connectivity index (χ2n) is 5.91. The van der Waals surface area contributed by atoms with E-state index >= 15 is 0 Å². The fourth-order valence-electron chi connectivity index (χ4n) is 2.40. The number of hydrogen-bond donors (Lipinski definition) is 2. The van der Waals surface area contributed by atoms with E-state index in [1.165, 1.54) is 5.69 Å². The van der Waals surface area contributed by atoms with Gasteiger partial charge in [0.25, 0.3) is 0 Å². The number of rotatable bonds is 8. The number of halogens is 3. The second kappa shape index (κ2) is 10.1. The van der Waals surface area contributed by atoms with Gasteiger partial charge in [0.15, 0.2) is 11.7 Å². The molecule has 0 saturated heterocycles. The van der Waals surface area contributed by atoms with Crippen molar-refractivity contribution in [1.82, 2.24) is 15.6 Å². The molecule has 0 bridgehead atoms. The van der Waals surface area contributed by atoms with Gasteiger partial charge in [0.2, 0.25) is 0 Å². The Balaban J connectivity index is 1.65. The first-order chi connectivity index (χ1) is 12.9. The molecule has 0 aliphatic rings. The molecule has 5 nitrogen and oxygen atoms in total. The third kappa shape index (κ3) is 7.09. The summed E-state index contributed by atoms with van der Waals surface area (Å²) in [7, 11) is 3.71. The molecule has 0 spiro atoms. The summed E-state index contributed by atoms with van der Waals surface area (Å²) in [5.74, 6) is 0.630. The zero-order valence-corrected chi connectivity index (χ0v) is 16.2. The lowest BCUT2D eigenvalue weighted by Crippen LogP contribution is -2.39. The van der Waals surface area contributed by atoms with Crippen molar-refractivity contribution in [2.45, 2.75) is 19.0 Å². The highest BCUT2D eigenvalue weighted by Gasteiger charge is 2.33. The number of hydrogen-bond acceptors (Lipinski definition) is 4. The number of alkyl halides is 3. The summed E-state index contributed by atoms with van der Waals surface area (Å²) < 4.78 is 37.6. The van der Waals surface area contributed by atoms with E-state index in [9.17, 15) is 13.2 Å². The van der Waals surface area contributed by atoms with Gasteiger partial charge >= 0.3 is 6.18 Å². The van der Waals surface area contributed by atoms with Crippen LogP contribution in [-0.4, -0.2) is 44.7 Å². The molecular weight excluding hydrogens is 375 g/mol. The maximum Gasteiger partial charge on any atom is 0.434 e. The molecule has 0 radical (unpaired) electrons. The standard InChI is InChI=1S/C18H24F3N5S/c1-22-17(23-10-6-12-26(2)14-7-4-3-5-8-14)24-11-9-16-25-15(13-27-16)18(19,20)21/h3-5,7-8,13H,6,9-12H2,1-2H3,(H2,22,23,24). The predicted molar refractivity (Wildman–Crippen MR) is 105 cm³/mol. The van der Waals surface area contributed by atoms with Gasteiger partial charge in [-0.25, -0.2) is 4.98 Å². The van der Waals surface area contributed by atoms with Crippen molar-refractivity contribution in [3.05, 3.63) is 46.4 Å². The van der Waals surface area contributed by atoms with Gasteiger partial charge in [-0.15, -0.1) is 11.3 Å². The van der Waals surface area contributed by atoms with E-state index in [1.54, 1.807) is 7.05 Å². The normalized spacial score (nSPS) is 12.1. The molecule has 1 heterocycles. The molecule has 148 valence electrons. The van der Waals surface area contributed by atoms with Crippen molar-refractivity contribution < 1.29 is 13.2 Å². The van der Waals surface area contributed by atoms with Crippen LogP contribution in [0.4, 0.5) is 18.9 Å². The highest BCUT2D eigenvalue weighted by Crippen LogP contribution is 2.29. The van der Waals surface area contributed by atoms with E-state index in [0.29, 0.717) is 23.9 Å². The Morgan fingerprint density at radius 3 is 2.52 bits per heavy atom. The highest BCUT2D eigenvalue weighted by atomic mass is 32.1. The number of aromatic nitrogens is 1. The SMILES string of the molecule is CN=C(NCCCN(C)c1ccccc1)NCCc1nc(C(F)(F)F)cs1. The monoisotopic (exact) mass is 399 g/mol. The minimum absolute atomic E-state index is 0.415. The van der Waals surface area contributed by atoms with Crippen LogP contribution in [0, 0.1) is 0 Å². The number of para-hydroxylation sites is 1. The number of guanidine groups is 1. The van der Waals surface area contributed by atoms with Crippen molar-refractivity contribution in [2.75, 3.05) is 38.6 Å². The smallest absolute Gasteiger partial charge is 0.375 e. The van der Waals surface area contributed by atoms with Gasteiger partial charge in [-0.1, -0.05) is 18.2 Å². The van der Waals surface area contributed by atoms with E-state index in [-0.39, 0.29) is 0 Å². The van der Waals surface area contributed by atoms with Gasteiger partial charge in [0.1, 0.15) is 0 Å². The van der Waals surface area contributed by atoms with E-state index in [2.05, 4.69) is 37.6 Å². The average Bonchev–Trinajstić information content (AvgIpc) is 3.13. The van der Waals surface area contributed by atoms with E-state index in [0.717, 1.165) is 36.2 Å². The van der Waals surface area contributed by atoms with Crippen molar-refractivity contribution >= 4 is 23.0 Å². The Hall–Kier alpha value is -2.29. The number of thiazole rings is 1. The fourth-order valence-corrected chi connectivity index (χ4v) is 3.20. The summed E-state index contributed by atoms with van der Waals surface area (Å²) in [6.45, 7) is 2.11. The van der Waals surface area contributed by atoms with Crippen molar-refractivity contribution in [3.63, 3.8) is 0 Å². The molecule has 9 heteroatoms. The fraction of sp³-hybridized carbons (Fsp3) is 0.444. The van der Waals surface area contributed by atoms with Crippen LogP contribution >= 0.6 is 11.3 Å². The minimum atomic E-state index is -4.38. The molecule has 0 fully saturated rings. The topological polar surface area (TPSA) is 52.6 Å². The van der Waals surface area contributed by atoms with Crippen molar-refractivity contribution in [1.29, 1.82) is 0 Å². The third-order valence-corrected chi connectivity index (χ3v) is 4.77. The van der Waals surface area contributed by atoms with Gasteiger partial charge in [0, 0.05) is 51.2 Å². The average molecular weight is 399 g/mol. The molecule has 1 aromatic heterocycles. The Kier molecular flexibility index (Phi) is 7.90. The lowest BCUT2D eigenvalue weighted by Gasteiger charge is -2.19. The number of benzene rings is 1. The van der Waals surface area contributed by atoms with Crippen molar-refractivity contribution in [2.24, 2.45) is 4.99 Å². The molecule has 0 saturated carbocycles. The summed E-state index contributed by atoms with van der Waals surface area (Å²) in [5, 5.41) is 7.80. The first kappa shape index (κ1) is 21.0. The van der Waals surface area contributed by atoms with Crippen molar-refractivity contribution in [3.8, 4) is 0 Å². The predicted octanol–water partition coefficient (Wildman–Crippen LogP) is 3.40. The van der Waals surface area contributed by atoms with Gasteiger partial charge < -0.3 is 15.5 Å². The lowest BCUT2D eigenvalue weighted by atomic mass is 10.3. The molecule has 0 aliphatic carbocycles. The Morgan fingerprint density at radius 1 is 1.19 bits per heavy atom. The van der Waals surface area contributed by atoms with Gasteiger partial charge in [-0.2, -0.15) is 13.2 Å². The number of nitrogens with one attached hydrogen (secondary N) is 2. The Bertz CT molecular complexity index is 715. The third-order valence-electron chi connectivity index (χ3n) is 3.86. The van der Waals surface area contributed by atoms with Gasteiger partial charge in [0.05, 0.1) is 5.01 Å². The molecule has 2 aromatic rings. The molecule has 2 rings (SSSR count). The maximum atomic E-state index is 12.5. The molecular formula is C18H24F3N5S. The highest BCUT2D eigenvalue weighted by molar-refractivity contribution is 7.09. The van der Waals surface area contributed by atoms with Crippen LogP contribution in [0.5, 0.6) is 0 Å². The first-order valence-corrected chi connectivity index (χ1v) is 9.50. The second-order valence-corrected chi connectivity index (χ2v) is 6.85. The molecule has 2 N–H and O–H groups in total. The van der Waals surface area contributed by atoms with Crippen LogP contribution in [-0.2, 0) is 12.6 Å². The molecule has 0 unspecified atom stereocenters. The largest absolute Gasteiger partial charge is 0.434 e. The summed E-state index contributed by atoms with van der Waals surface area (Å²) in [5.41, 5.74) is 0.342.